The minimum Gasteiger partial charge on any atom is -0.408 e. The van der Waals surface area contributed by atoms with Crippen molar-refractivity contribution in [1.82, 2.24) is 9.71 Å². The molecule has 5 rings (SSSR count). The van der Waals surface area contributed by atoms with Gasteiger partial charge in [-0.15, -0.1) is 0 Å². The number of fused-ring (bicyclic) bond motifs is 2. The normalized spacial score (nSPS) is 32.0. The van der Waals surface area contributed by atoms with Gasteiger partial charge in [-0.25, -0.2) is 17.9 Å². The van der Waals surface area contributed by atoms with Crippen molar-refractivity contribution >= 4 is 21.1 Å². The summed E-state index contributed by atoms with van der Waals surface area (Å²) in [6.45, 7) is 0.719. The van der Waals surface area contributed by atoms with Gasteiger partial charge in [0.25, 0.3) is 0 Å². The first-order valence-electron chi connectivity index (χ1n) is 9.30. The molecule has 0 radical (unpaired) electrons. The molecule has 1 aliphatic heterocycles. The van der Waals surface area contributed by atoms with Crippen LogP contribution in [0.5, 0.6) is 0 Å². The number of aromatic nitrogens is 1. The summed E-state index contributed by atoms with van der Waals surface area (Å²) in [6.07, 6.45) is 5.89. The zero-order chi connectivity index (χ0) is 17.9. The van der Waals surface area contributed by atoms with Crippen molar-refractivity contribution in [2.75, 3.05) is 6.61 Å². The molecule has 0 bridgehead atoms. The van der Waals surface area contributed by atoms with E-state index in [1.165, 1.54) is 25.0 Å². The molecular formula is C18H22N2O5S. The zero-order valence-electron chi connectivity index (χ0n) is 14.3. The maximum atomic E-state index is 13.0. The summed E-state index contributed by atoms with van der Waals surface area (Å²) in [5.74, 6) is 0.499. The highest BCUT2D eigenvalue weighted by atomic mass is 32.2. The van der Waals surface area contributed by atoms with Gasteiger partial charge in [0.2, 0.25) is 10.0 Å². The molecule has 1 saturated heterocycles. The number of hydrogen-bond acceptors (Lipinski definition) is 5. The zero-order valence-corrected chi connectivity index (χ0v) is 15.1. The standard InChI is InChI=1S/C18H22N2O5S/c21-18-19-13-6-5-11(9-14(13)25-18)26(22,23)20-16-12-7-8-24-17(12)15(16)10-3-1-2-4-10/h5-6,9-10,12,15-17,20H,1-4,7-8H2,(H,19,21)/t12-,15+,16+,17-/m0/s1. The van der Waals surface area contributed by atoms with Crippen LogP contribution in [0.25, 0.3) is 11.1 Å². The van der Waals surface area contributed by atoms with E-state index in [1.54, 1.807) is 6.07 Å². The van der Waals surface area contributed by atoms with Gasteiger partial charge >= 0.3 is 5.76 Å². The molecule has 8 heteroatoms. The summed E-state index contributed by atoms with van der Waals surface area (Å²) < 4.78 is 39.7. The molecule has 2 heterocycles. The molecule has 0 unspecified atom stereocenters. The molecule has 2 aliphatic carbocycles. The number of rotatable bonds is 4. The van der Waals surface area contributed by atoms with E-state index in [0.29, 0.717) is 11.4 Å². The third-order valence-electron chi connectivity index (χ3n) is 6.38. The van der Waals surface area contributed by atoms with Crippen LogP contribution >= 0.6 is 0 Å². The first-order chi connectivity index (χ1) is 12.5. The SMILES string of the molecule is O=c1[nH]c2ccc(S(=O)(=O)N[C@@H]3[C@@H]4CCO[C@@H]4[C@@H]3C3CCCC3)cc2o1. The van der Waals surface area contributed by atoms with Crippen LogP contribution < -0.4 is 10.5 Å². The van der Waals surface area contributed by atoms with Gasteiger partial charge in [-0.05, 0) is 24.5 Å². The predicted molar refractivity (Wildman–Crippen MR) is 94.2 cm³/mol. The van der Waals surface area contributed by atoms with Crippen LogP contribution in [0.15, 0.2) is 32.3 Å². The summed E-state index contributed by atoms with van der Waals surface area (Å²) in [6, 6.07) is 4.40. The first kappa shape index (κ1) is 16.5. The largest absolute Gasteiger partial charge is 0.417 e. The van der Waals surface area contributed by atoms with E-state index in [-0.39, 0.29) is 34.5 Å². The van der Waals surface area contributed by atoms with Crippen molar-refractivity contribution < 1.29 is 17.6 Å². The van der Waals surface area contributed by atoms with Gasteiger partial charge in [0.1, 0.15) is 0 Å². The fourth-order valence-electron chi connectivity index (χ4n) is 5.16. The highest BCUT2D eigenvalue weighted by Gasteiger charge is 2.57. The fraction of sp³-hybridized carbons (Fsp3) is 0.611. The minimum absolute atomic E-state index is 0.0653. The molecule has 2 saturated carbocycles. The lowest BCUT2D eigenvalue weighted by Crippen LogP contribution is -2.63. The van der Waals surface area contributed by atoms with E-state index in [0.717, 1.165) is 25.9 Å². The number of ether oxygens (including phenoxy) is 1. The maximum Gasteiger partial charge on any atom is 0.417 e. The van der Waals surface area contributed by atoms with Gasteiger partial charge in [-0.2, -0.15) is 0 Å². The minimum atomic E-state index is -3.69. The van der Waals surface area contributed by atoms with E-state index in [4.69, 9.17) is 9.15 Å². The number of hydrogen-bond donors (Lipinski definition) is 2. The fourth-order valence-corrected chi connectivity index (χ4v) is 6.50. The average Bonchev–Trinajstić information content (AvgIpc) is 3.31. The lowest BCUT2D eigenvalue weighted by Gasteiger charge is -2.50. The third kappa shape index (κ3) is 2.54. The number of oxazole rings is 1. The molecular weight excluding hydrogens is 356 g/mol. The Morgan fingerprint density at radius 3 is 2.77 bits per heavy atom. The molecule has 7 nitrogen and oxygen atoms in total. The second-order valence-electron chi connectivity index (χ2n) is 7.73. The van der Waals surface area contributed by atoms with E-state index in [1.807, 2.05) is 0 Å². The Kier molecular flexibility index (Phi) is 3.77. The lowest BCUT2D eigenvalue weighted by molar-refractivity contribution is -0.0746. The molecule has 1 aromatic heterocycles. The van der Waals surface area contributed by atoms with E-state index >= 15 is 0 Å². The summed E-state index contributed by atoms with van der Waals surface area (Å²) in [7, 11) is -3.69. The first-order valence-corrected chi connectivity index (χ1v) is 10.8. The van der Waals surface area contributed by atoms with Crippen molar-refractivity contribution in [3.8, 4) is 0 Å². The molecule has 3 aliphatic rings. The van der Waals surface area contributed by atoms with Crippen LogP contribution in [-0.2, 0) is 14.8 Å². The Morgan fingerprint density at radius 2 is 1.96 bits per heavy atom. The van der Waals surface area contributed by atoms with Gasteiger partial charge in [0.05, 0.1) is 16.5 Å². The summed E-state index contributed by atoms with van der Waals surface area (Å²) in [4.78, 5) is 13.9. The maximum absolute atomic E-state index is 13.0. The van der Waals surface area contributed by atoms with Crippen molar-refractivity contribution in [3.05, 3.63) is 28.7 Å². The van der Waals surface area contributed by atoms with E-state index < -0.39 is 15.8 Å². The Hall–Kier alpha value is -1.64. The molecule has 140 valence electrons. The van der Waals surface area contributed by atoms with Crippen molar-refractivity contribution in [2.45, 2.75) is 49.1 Å². The molecule has 26 heavy (non-hydrogen) atoms. The van der Waals surface area contributed by atoms with Crippen LogP contribution in [0.3, 0.4) is 0 Å². The van der Waals surface area contributed by atoms with E-state index in [9.17, 15) is 13.2 Å². The van der Waals surface area contributed by atoms with Gasteiger partial charge < -0.3 is 9.15 Å². The topological polar surface area (TPSA) is 101 Å². The van der Waals surface area contributed by atoms with Crippen LogP contribution in [0, 0.1) is 17.8 Å². The predicted octanol–water partition coefficient (Wildman–Crippen LogP) is 1.99. The second kappa shape index (κ2) is 5.94. The van der Waals surface area contributed by atoms with Crippen LogP contribution in [-0.4, -0.2) is 32.2 Å². The number of aromatic amines is 1. The van der Waals surface area contributed by atoms with E-state index in [2.05, 4.69) is 9.71 Å². The summed E-state index contributed by atoms with van der Waals surface area (Å²) in [5, 5.41) is 0. The molecule has 2 aromatic rings. The molecule has 0 amide bonds. The van der Waals surface area contributed by atoms with Gasteiger partial charge in [-0.1, -0.05) is 25.7 Å². The molecule has 0 spiro atoms. The van der Waals surface area contributed by atoms with Gasteiger partial charge in [0, 0.05) is 30.6 Å². The Balaban J connectivity index is 1.43. The van der Waals surface area contributed by atoms with Crippen LogP contribution in [0.1, 0.15) is 32.1 Å². The highest BCUT2D eigenvalue weighted by Crippen LogP contribution is 2.51. The number of H-pyrrole nitrogens is 1. The van der Waals surface area contributed by atoms with Gasteiger partial charge in [-0.3, -0.25) is 4.98 Å². The molecule has 1 aromatic carbocycles. The lowest BCUT2D eigenvalue weighted by atomic mass is 9.62. The highest BCUT2D eigenvalue weighted by molar-refractivity contribution is 7.89. The number of sulfonamides is 1. The number of nitrogens with one attached hydrogen (secondary N) is 2. The molecule has 3 fully saturated rings. The average molecular weight is 378 g/mol. The van der Waals surface area contributed by atoms with Crippen LogP contribution in [0.2, 0.25) is 0 Å². The monoisotopic (exact) mass is 378 g/mol. The van der Waals surface area contributed by atoms with Crippen molar-refractivity contribution in [3.63, 3.8) is 0 Å². The van der Waals surface area contributed by atoms with Crippen LogP contribution in [0.4, 0.5) is 0 Å². The smallest absolute Gasteiger partial charge is 0.408 e. The summed E-state index contributed by atoms with van der Waals surface area (Å²) in [5.41, 5.74) is 0.742. The third-order valence-corrected chi connectivity index (χ3v) is 7.83. The quantitative estimate of drug-likeness (QED) is 0.847. The Labute approximate surface area is 151 Å². The van der Waals surface area contributed by atoms with Gasteiger partial charge in [0.15, 0.2) is 5.58 Å². The van der Waals surface area contributed by atoms with Crippen molar-refractivity contribution in [2.24, 2.45) is 17.8 Å². The number of benzene rings is 1. The Morgan fingerprint density at radius 1 is 1.15 bits per heavy atom. The van der Waals surface area contributed by atoms with Crippen molar-refractivity contribution in [1.29, 1.82) is 0 Å². The molecule has 2 N–H and O–H groups in total. The second-order valence-corrected chi connectivity index (χ2v) is 9.44. The summed E-state index contributed by atoms with van der Waals surface area (Å²) >= 11 is 0. The molecule has 4 atom stereocenters. The Bertz CT molecular complexity index is 984.